The number of nitrogens with zero attached hydrogens (tertiary/aromatic N) is 1. The van der Waals surface area contributed by atoms with Crippen LogP contribution in [0.5, 0.6) is 5.75 Å². The molecular weight excluding hydrogens is 248 g/mol. The predicted octanol–water partition coefficient (Wildman–Crippen LogP) is 2.99. The maximum Gasteiger partial charge on any atom is 0.125 e. The summed E-state index contributed by atoms with van der Waals surface area (Å²) in [5, 5.41) is 3.49. The van der Waals surface area contributed by atoms with E-state index in [4.69, 9.17) is 4.74 Å². The average Bonchev–Trinajstić information content (AvgIpc) is 2.32. The molecule has 0 bridgehead atoms. The molecule has 20 heavy (non-hydrogen) atoms. The number of ether oxygens (including phenoxy) is 1. The highest BCUT2D eigenvalue weighted by Gasteiger charge is 2.07. The molecule has 1 aromatic carbocycles. The van der Waals surface area contributed by atoms with E-state index in [9.17, 15) is 0 Å². The van der Waals surface area contributed by atoms with E-state index < -0.39 is 0 Å². The first kappa shape index (κ1) is 17.0. The van der Waals surface area contributed by atoms with Gasteiger partial charge in [-0.2, -0.15) is 0 Å². The average molecular weight is 278 g/mol. The van der Waals surface area contributed by atoms with Gasteiger partial charge in [0.15, 0.2) is 0 Å². The van der Waals surface area contributed by atoms with Crippen molar-refractivity contribution >= 4 is 0 Å². The second-order valence-corrected chi connectivity index (χ2v) is 6.24. The van der Waals surface area contributed by atoms with E-state index in [1.807, 2.05) is 0 Å². The number of likely N-dealkylation sites (N-methyl/N-ethyl adjacent to an activating group) is 1. The summed E-state index contributed by atoms with van der Waals surface area (Å²) in [7, 11) is 4.12. The fraction of sp³-hybridized carbons (Fsp3) is 0.647. The minimum absolute atomic E-state index is 0.686. The van der Waals surface area contributed by atoms with E-state index in [0.717, 1.165) is 32.0 Å². The van der Waals surface area contributed by atoms with Gasteiger partial charge in [-0.3, -0.25) is 0 Å². The summed E-state index contributed by atoms with van der Waals surface area (Å²) in [5.74, 6) is 1.73. The summed E-state index contributed by atoms with van der Waals surface area (Å²) in [4.78, 5) is 2.13. The van der Waals surface area contributed by atoms with Gasteiger partial charge in [-0.25, -0.2) is 0 Å². The molecule has 3 nitrogen and oxygen atoms in total. The van der Waals surface area contributed by atoms with Crippen molar-refractivity contribution in [2.75, 3.05) is 33.8 Å². The first-order valence-corrected chi connectivity index (χ1v) is 7.48. The van der Waals surface area contributed by atoms with Crippen LogP contribution >= 0.6 is 0 Å². The molecule has 0 saturated heterocycles. The zero-order chi connectivity index (χ0) is 15.1. The van der Waals surface area contributed by atoms with Gasteiger partial charge in [-0.05, 0) is 57.1 Å². The lowest BCUT2D eigenvalue weighted by molar-refractivity contribution is 0.259. The molecule has 0 aliphatic heterocycles. The predicted molar refractivity (Wildman–Crippen MR) is 86.5 cm³/mol. The fourth-order valence-electron chi connectivity index (χ4n) is 2.21. The van der Waals surface area contributed by atoms with Gasteiger partial charge in [0.2, 0.25) is 0 Å². The third-order valence-electron chi connectivity index (χ3n) is 3.19. The molecular formula is C17H30N2O. The molecule has 0 aromatic heterocycles. The Kier molecular flexibility index (Phi) is 7.03. The molecule has 3 heteroatoms. The largest absolute Gasteiger partial charge is 0.492 e. The van der Waals surface area contributed by atoms with Gasteiger partial charge in [0.05, 0.1) is 0 Å². The van der Waals surface area contributed by atoms with Crippen LogP contribution in [0.25, 0.3) is 0 Å². The molecule has 1 aromatic rings. The SMILES string of the molecule is Cc1cc(CNCC(C)C)cc(C)c1OCCN(C)C. The molecule has 0 amide bonds. The van der Waals surface area contributed by atoms with Crippen molar-refractivity contribution in [1.29, 1.82) is 0 Å². The second kappa shape index (κ2) is 8.28. The highest BCUT2D eigenvalue weighted by Crippen LogP contribution is 2.24. The molecule has 0 heterocycles. The number of hydrogen-bond acceptors (Lipinski definition) is 3. The number of rotatable bonds is 8. The van der Waals surface area contributed by atoms with Gasteiger partial charge in [-0.15, -0.1) is 0 Å². The van der Waals surface area contributed by atoms with Crippen LogP contribution in [0, 0.1) is 19.8 Å². The van der Waals surface area contributed by atoms with Gasteiger partial charge in [0.25, 0.3) is 0 Å². The highest BCUT2D eigenvalue weighted by atomic mass is 16.5. The summed E-state index contributed by atoms with van der Waals surface area (Å²) >= 11 is 0. The minimum Gasteiger partial charge on any atom is -0.492 e. The Morgan fingerprint density at radius 3 is 2.25 bits per heavy atom. The standard InChI is InChI=1S/C17H30N2O/c1-13(2)11-18-12-16-9-14(3)17(15(4)10-16)20-8-7-19(5)6/h9-10,13,18H,7-8,11-12H2,1-6H3. The molecule has 114 valence electrons. The topological polar surface area (TPSA) is 24.5 Å². The van der Waals surface area contributed by atoms with Crippen molar-refractivity contribution in [3.63, 3.8) is 0 Å². The molecule has 0 radical (unpaired) electrons. The van der Waals surface area contributed by atoms with Crippen LogP contribution in [0.3, 0.4) is 0 Å². The number of aryl methyl sites for hydroxylation is 2. The van der Waals surface area contributed by atoms with Gasteiger partial charge >= 0.3 is 0 Å². The van der Waals surface area contributed by atoms with Crippen molar-refractivity contribution < 1.29 is 4.74 Å². The van der Waals surface area contributed by atoms with E-state index in [1.165, 1.54) is 16.7 Å². The van der Waals surface area contributed by atoms with Crippen LogP contribution in [0.1, 0.15) is 30.5 Å². The monoisotopic (exact) mass is 278 g/mol. The Balaban J connectivity index is 2.61. The van der Waals surface area contributed by atoms with Crippen LogP contribution in [0.2, 0.25) is 0 Å². The molecule has 0 spiro atoms. The summed E-state index contributed by atoms with van der Waals surface area (Å²) in [5.41, 5.74) is 3.79. The van der Waals surface area contributed by atoms with Gasteiger partial charge < -0.3 is 15.0 Å². The Morgan fingerprint density at radius 1 is 1.15 bits per heavy atom. The van der Waals surface area contributed by atoms with Crippen molar-refractivity contribution in [2.45, 2.75) is 34.2 Å². The molecule has 0 atom stereocenters. The molecule has 0 saturated carbocycles. The van der Waals surface area contributed by atoms with Crippen molar-refractivity contribution in [2.24, 2.45) is 5.92 Å². The molecule has 0 aliphatic carbocycles. The van der Waals surface area contributed by atoms with Crippen LogP contribution in [-0.2, 0) is 6.54 Å². The van der Waals surface area contributed by atoms with Crippen LogP contribution in [0.4, 0.5) is 0 Å². The fourth-order valence-corrected chi connectivity index (χ4v) is 2.21. The Bertz CT molecular complexity index is 390. The quantitative estimate of drug-likeness (QED) is 0.791. The second-order valence-electron chi connectivity index (χ2n) is 6.24. The van der Waals surface area contributed by atoms with Crippen molar-refractivity contribution in [1.82, 2.24) is 10.2 Å². The van der Waals surface area contributed by atoms with E-state index in [1.54, 1.807) is 0 Å². The summed E-state index contributed by atoms with van der Waals surface area (Å²) in [6, 6.07) is 4.46. The Labute approximate surface area is 124 Å². The van der Waals surface area contributed by atoms with Crippen LogP contribution in [-0.4, -0.2) is 38.7 Å². The van der Waals surface area contributed by atoms with Crippen LogP contribution < -0.4 is 10.1 Å². The zero-order valence-corrected chi connectivity index (χ0v) is 13.9. The van der Waals surface area contributed by atoms with Crippen LogP contribution in [0.15, 0.2) is 12.1 Å². The molecule has 0 fully saturated rings. The molecule has 1 rings (SSSR count). The number of nitrogens with one attached hydrogen (secondary N) is 1. The Hall–Kier alpha value is -1.06. The van der Waals surface area contributed by atoms with E-state index in [2.05, 4.69) is 64.1 Å². The van der Waals surface area contributed by atoms with Crippen molar-refractivity contribution in [3.05, 3.63) is 28.8 Å². The summed E-state index contributed by atoms with van der Waals surface area (Å²) in [6.07, 6.45) is 0. The zero-order valence-electron chi connectivity index (χ0n) is 13.9. The lowest BCUT2D eigenvalue weighted by Crippen LogP contribution is -2.20. The van der Waals surface area contributed by atoms with Crippen molar-refractivity contribution in [3.8, 4) is 5.75 Å². The normalized spacial score (nSPS) is 11.4. The molecule has 0 unspecified atom stereocenters. The summed E-state index contributed by atoms with van der Waals surface area (Å²) < 4.78 is 5.91. The highest BCUT2D eigenvalue weighted by molar-refractivity contribution is 5.43. The van der Waals surface area contributed by atoms with E-state index >= 15 is 0 Å². The van der Waals surface area contributed by atoms with Gasteiger partial charge in [0, 0.05) is 13.1 Å². The maximum absolute atomic E-state index is 5.91. The maximum atomic E-state index is 5.91. The smallest absolute Gasteiger partial charge is 0.125 e. The minimum atomic E-state index is 0.686. The van der Waals surface area contributed by atoms with Gasteiger partial charge in [-0.1, -0.05) is 26.0 Å². The first-order chi connectivity index (χ1) is 9.40. The Morgan fingerprint density at radius 2 is 1.75 bits per heavy atom. The number of hydrogen-bond donors (Lipinski definition) is 1. The molecule has 1 N–H and O–H groups in total. The number of benzene rings is 1. The van der Waals surface area contributed by atoms with E-state index in [0.29, 0.717) is 5.92 Å². The van der Waals surface area contributed by atoms with Gasteiger partial charge in [0.1, 0.15) is 12.4 Å². The third-order valence-corrected chi connectivity index (χ3v) is 3.19. The lowest BCUT2D eigenvalue weighted by Gasteiger charge is -2.16. The molecule has 0 aliphatic rings. The van der Waals surface area contributed by atoms with E-state index in [-0.39, 0.29) is 0 Å². The third kappa shape index (κ3) is 5.93. The first-order valence-electron chi connectivity index (χ1n) is 7.48. The summed E-state index contributed by atoms with van der Waals surface area (Å²) in [6.45, 7) is 12.4. The lowest BCUT2D eigenvalue weighted by atomic mass is 10.1.